The van der Waals surface area contributed by atoms with Crippen LogP contribution in [0.5, 0.6) is 0 Å². The summed E-state index contributed by atoms with van der Waals surface area (Å²) < 4.78 is 2.14. The topological polar surface area (TPSA) is 53.4 Å². The lowest BCUT2D eigenvalue weighted by atomic mass is 10.3. The average molecular weight is 279 g/mol. The fraction of sp³-hybridized carbons (Fsp3) is 0.714. The van der Waals surface area contributed by atoms with Crippen molar-refractivity contribution in [1.29, 1.82) is 0 Å². The molecule has 112 valence electrons. The van der Waals surface area contributed by atoms with Gasteiger partial charge >= 0.3 is 0 Å². The maximum atomic E-state index is 12.2. The van der Waals surface area contributed by atoms with Gasteiger partial charge in [0.2, 0.25) is 5.91 Å². The number of aromatic nitrogens is 2. The number of imidazole rings is 1. The third kappa shape index (κ3) is 3.80. The van der Waals surface area contributed by atoms with E-state index in [0.717, 1.165) is 38.4 Å². The van der Waals surface area contributed by atoms with Crippen LogP contribution in [-0.2, 0) is 11.3 Å². The largest absolute Gasteiger partial charge is 0.339 e. The zero-order valence-electron chi connectivity index (χ0n) is 12.7. The van der Waals surface area contributed by atoms with Crippen molar-refractivity contribution in [2.45, 2.75) is 26.4 Å². The summed E-state index contributed by atoms with van der Waals surface area (Å²) in [6.07, 6.45) is 3.73. The van der Waals surface area contributed by atoms with Crippen LogP contribution in [0, 0.1) is 0 Å². The van der Waals surface area contributed by atoms with Gasteiger partial charge in [-0.05, 0) is 20.9 Å². The molecule has 0 aliphatic carbocycles. The highest BCUT2D eigenvalue weighted by Gasteiger charge is 2.18. The molecular formula is C14H25N5O. The average Bonchev–Trinajstić information content (AvgIpc) is 2.87. The molecule has 1 aromatic heterocycles. The first-order chi connectivity index (χ1) is 9.58. The third-order valence-electron chi connectivity index (χ3n) is 3.61. The molecule has 6 nitrogen and oxygen atoms in total. The zero-order chi connectivity index (χ0) is 14.5. The number of carbonyl (C=O) groups excluding carboxylic acids is 1. The lowest BCUT2D eigenvalue weighted by molar-refractivity contribution is -0.132. The Balaban J connectivity index is 1.86. The van der Waals surface area contributed by atoms with Crippen molar-refractivity contribution in [2.24, 2.45) is 0 Å². The molecule has 1 fully saturated rings. The first kappa shape index (κ1) is 15.0. The van der Waals surface area contributed by atoms with Crippen molar-refractivity contribution in [3.05, 3.63) is 18.2 Å². The minimum atomic E-state index is 0.213. The van der Waals surface area contributed by atoms with Gasteiger partial charge in [0.1, 0.15) is 0 Å². The van der Waals surface area contributed by atoms with E-state index in [4.69, 9.17) is 0 Å². The summed E-state index contributed by atoms with van der Waals surface area (Å²) in [6, 6.07) is 0.393. The van der Waals surface area contributed by atoms with E-state index in [2.05, 4.69) is 33.6 Å². The quantitative estimate of drug-likeness (QED) is 0.844. The number of amides is 1. The number of hydrogen-bond acceptors (Lipinski definition) is 4. The van der Waals surface area contributed by atoms with E-state index in [9.17, 15) is 4.79 Å². The number of likely N-dealkylation sites (N-methyl/N-ethyl adjacent to an activating group) is 1. The first-order valence-electron chi connectivity index (χ1n) is 7.25. The van der Waals surface area contributed by atoms with E-state index in [1.54, 1.807) is 0 Å². The van der Waals surface area contributed by atoms with E-state index in [0.29, 0.717) is 12.6 Å². The van der Waals surface area contributed by atoms with Gasteiger partial charge in [-0.2, -0.15) is 0 Å². The van der Waals surface area contributed by atoms with Crippen LogP contribution in [0.1, 0.15) is 25.6 Å². The van der Waals surface area contributed by atoms with Crippen LogP contribution >= 0.6 is 0 Å². The van der Waals surface area contributed by atoms with Gasteiger partial charge in [-0.1, -0.05) is 0 Å². The molecule has 0 saturated carbocycles. The Morgan fingerprint density at radius 2 is 2.15 bits per heavy atom. The summed E-state index contributed by atoms with van der Waals surface area (Å²) in [5.74, 6) is 0.213. The van der Waals surface area contributed by atoms with E-state index in [1.165, 1.54) is 0 Å². The molecule has 0 aromatic carbocycles. The predicted molar refractivity (Wildman–Crippen MR) is 78.4 cm³/mol. The maximum absolute atomic E-state index is 12.2. The predicted octanol–water partition coefficient (Wildman–Crippen LogP) is 0.328. The van der Waals surface area contributed by atoms with E-state index in [1.807, 2.05) is 24.5 Å². The van der Waals surface area contributed by atoms with Gasteiger partial charge in [0, 0.05) is 45.0 Å². The highest BCUT2D eigenvalue weighted by molar-refractivity contribution is 5.78. The Kier molecular flexibility index (Phi) is 5.14. The van der Waals surface area contributed by atoms with Crippen molar-refractivity contribution < 1.29 is 4.79 Å². The molecule has 0 spiro atoms. The van der Waals surface area contributed by atoms with Gasteiger partial charge in [-0.15, -0.1) is 0 Å². The molecule has 20 heavy (non-hydrogen) atoms. The van der Waals surface area contributed by atoms with Gasteiger partial charge in [0.15, 0.2) is 0 Å². The van der Waals surface area contributed by atoms with Crippen LogP contribution < -0.4 is 5.32 Å². The van der Waals surface area contributed by atoms with Crippen LogP contribution in [0.4, 0.5) is 0 Å². The molecule has 0 unspecified atom stereocenters. The number of carbonyl (C=O) groups is 1. The molecule has 0 radical (unpaired) electrons. The van der Waals surface area contributed by atoms with Crippen LogP contribution in [0.15, 0.2) is 12.5 Å². The normalized spacial score (nSPS) is 16.1. The fourth-order valence-corrected chi connectivity index (χ4v) is 2.50. The van der Waals surface area contributed by atoms with E-state index >= 15 is 0 Å². The summed E-state index contributed by atoms with van der Waals surface area (Å²) in [4.78, 5) is 20.4. The Bertz CT molecular complexity index is 437. The second-order valence-corrected chi connectivity index (χ2v) is 5.69. The lowest BCUT2D eigenvalue weighted by Crippen LogP contribution is -2.49. The molecule has 1 aromatic rings. The summed E-state index contributed by atoms with van der Waals surface area (Å²) in [5.41, 5.74) is 1.15. The number of nitrogens with zero attached hydrogens (tertiary/aromatic N) is 4. The number of nitrogens with one attached hydrogen (secondary N) is 1. The van der Waals surface area contributed by atoms with Crippen molar-refractivity contribution in [3.8, 4) is 0 Å². The van der Waals surface area contributed by atoms with Crippen LogP contribution in [0.3, 0.4) is 0 Å². The Hall–Kier alpha value is -1.40. The summed E-state index contributed by atoms with van der Waals surface area (Å²) >= 11 is 0. The second kappa shape index (κ2) is 6.85. The number of rotatable bonds is 5. The minimum Gasteiger partial charge on any atom is -0.339 e. The van der Waals surface area contributed by atoms with Crippen molar-refractivity contribution >= 4 is 5.91 Å². The van der Waals surface area contributed by atoms with Gasteiger partial charge in [0.25, 0.3) is 0 Å². The van der Waals surface area contributed by atoms with Gasteiger partial charge in [-0.3, -0.25) is 9.69 Å². The van der Waals surface area contributed by atoms with E-state index in [-0.39, 0.29) is 5.91 Å². The molecule has 1 amide bonds. The van der Waals surface area contributed by atoms with Crippen molar-refractivity contribution in [3.63, 3.8) is 0 Å². The second-order valence-electron chi connectivity index (χ2n) is 5.69. The Morgan fingerprint density at radius 3 is 2.80 bits per heavy atom. The van der Waals surface area contributed by atoms with Crippen LogP contribution in [0.2, 0.25) is 0 Å². The zero-order valence-corrected chi connectivity index (χ0v) is 12.7. The highest BCUT2D eigenvalue weighted by Crippen LogP contribution is 2.10. The van der Waals surface area contributed by atoms with Gasteiger partial charge in [-0.25, -0.2) is 4.98 Å². The fourth-order valence-electron chi connectivity index (χ4n) is 2.50. The number of hydrogen-bond donors (Lipinski definition) is 1. The van der Waals surface area contributed by atoms with Crippen LogP contribution in [-0.4, -0.2) is 65.0 Å². The molecule has 1 aliphatic rings. The summed E-state index contributed by atoms with van der Waals surface area (Å²) in [7, 11) is 1.98. The number of piperazine rings is 1. The van der Waals surface area contributed by atoms with Crippen molar-refractivity contribution in [1.82, 2.24) is 24.7 Å². The Morgan fingerprint density at radius 1 is 1.45 bits per heavy atom. The third-order valence-corrected chi connectivity index (χ3v) is 3.61. The minimum absolute atomic E-state index is 0.213. The van der Waals surface area contributed by atoms with E-state index < -0.39 is 0 Å². The molecule has 2 heterocycles. The van der Waals surface area contributed by atoms with Gasteiger partial charge < -0.3 is 14.8 Å². The molecule has 1 N–H and O–H groups in total. The highest BCUT2D eigenvalue weighted by atomic mass is 16.2. The van der Waals surface area contributed by atoms with Crippen molar-refractivity contribution in [2.75, 3.05) is 39.8 Å². The molecule has 0 atom stereocenters. The molecule has 2 rings (SSSR count). The summed E-state index contributed by atoms with van der Waals surface area (Å²) in [6.45, 7) is 8.91. The molecule has 6 heteroatoms. The SMILES string of the molecule is CC(C)n1cncc1CN(C)CC(=O)N1CCNCC1. The summed E-state index contributed by atoms with van der Waals surface area (Å²) in [5, 5.41) is 3.26. The maximum Gasteiger partial charge on any atom is 0.236 e. The van der Waals surface area contributed by atoms with Gasteiger partial charge in [0.05, 0.1) is 18.6 Å². The molecule has 0 bridgehead atoms. The Labute approximate surface area is 120 Å². The monoisotopic (exact) mass is 279 g/mol. The lowest BCUT2D eigenvalue weighted by Gasteiger charge is -2.29. The smallest absolute Gasteiger partial charge is 0.236 e. The standard InChI is InChI=1S/C14H25N5O/c1-12(2)19-11-16-8-13(19)9-17(3)10-14(20)18-6-4-15-5-7-18/h8,11-12,15H,4-7,9-10H2,1-3H3. The molecule has 1 saturated heterocycles. The molecule has 1 aliphatic heterocycles. The molecular weight excluding hydrogens is 254 g/mol. The van der Waals surface area contributed by atoms with Crippen LogP contribution in [0.25, 0.3) is 0 Å². The first-order valence-corrected chi connectivity index (χ1v) is 7.25.